The van der Waals surface area contributed by atoms with E-state index in [-0.39, 0.29) is 12.1 Å². The third kappa shape index (κ3) is 5.53. The van der Waals surface area contributed by atoms with Crippen LogP contribution in [0.25, 0.3) is 11.1 Å². The van der Waals surface area contributed by atoms with Gasteiger partial charge in [-0.15, -0.1) is 0 Å². The van der Waals surface area contributed by atoms with Crippen LogP contribution in [-0.2, 0) is 28.9 Å². The van der Waals surface area contributed by atoms with Crippen molar-refractivity contribution in [2.24, 2.45) is 5.73 Å². The first-order chi connectivity index (χ1) is 13.5. The number of carboxylic acids is 2. The summed E-state index contributed by atoms with van der Waals surface area (Å²) in [6, 6.07) is 7.37. The Morgan fingerprint density at radius 3 is 2.31 bits per heavy atom. The summed E-state index contributed by atoms with van der Waals surface area (Å²) in [5.74, 6) is -4.21. The molecule has 0 aliphatic heterocycles. The first-order valence-corrected chi connectivity index (χ1v) is 8.42. The zero-order chi connectivity index (χ0) is 21.8. The second-order valence-corrected chi connectivity index (χ2v) is 6.25. The van der Waals surface area contributed by atoms with Crippen molar-refractivity contribution >= 4 is 17.8 Å². The lowest BCUT2D eigenvalue weighted by Crippen LogP contribution is -2.21. The van der Waals surface area contributed by atoms with Crippen molar-refractivity contribution in [1.29, 1.82) is 0 Å². The number of carboxylic acid groups (broad SMARTS) is 2. The van der Waals surface area contributed by atoms with Crippen molar-refractivity contribution in [1.82, 2.24) is 4.98 Å². The van der Waals surface area contributed by atoms with Crippen molar-refractivity contribution in [3.8, 4) is 11.1 Å². The van der Waals surface area contributed by atoms with Crippen LogP contribution in [0, 0.1) is 0 Å². The van der Waals surface area contributed by atoms with Crippen LogP contribution >= 0.6 is 0 Å². The minimum atomic E-state index is -5.08. The van der Waals surface area contributed by atoms with Gasteiger partial charge in [-0.3, -0.25) is 14.6 Å². The van der Waals surface area contributed by atoms with Gasteiger partial charge in [-0.25, -0.2) is 4.79 Å². The van der Waals surface area contributed by atoms with E-state index in [4.69, 9.17) is 15.6 Å². The number of aliphatic carboxylic acids is 2. The number of fused-ring (bicyclic) bond motifs is 1. The third-order valence-electron chi connectivity index (χ3n) is 4.29. The maximum absolute atomic E-state index is 11.3. The molecule has 1 heterocycles. The number of nitrogens with two attached hydrogens (primary N) is 1. The highest BCUT2D eigenvalue weighted by molar-refractivity contribution is 5.92. The van der Waals surface area contributed by atoms with E-state index in [1.54, 1.807) is 12.1 Å². The summed E-state index contributed by atoms with van der Waals surface area (Å²) >= 11 is 0. The highest BCUT2D eigenvalue weighted by Crippen LogP contribution is 2.34. The molecule has 0 saturated heterocycles. The molecule has 1 amide bonds. The molecule has 154 valence electrons. The quantitative estimate of drug-likeness (QED) is 0.710. The van der Waals surface area contributed by atoms with Crippen molar-refractivity contribution in [2.75, 3.05) is 0 Å². The number of benzene rings is 1. The predicted molar refractivity (Wildman–Crippen MR) is 95.2 cm³/mol. The van der Waals surface area contributed by atoms with E-state index in [9.17, 15) is 27.9 Å². The number of alkyl halides is 3. The molecule has 4 N–H and O–H groups in total. The molecule has 0 spiro atoms. The van der Waals surface area contributed by atoms with Crippen LogP contribution in [0.2, 0.25) is 0 Å². The lowest BCUT2D eigenvalue weighted by molar-refractivity contribution is -0.192. The van der Waals surface area contributed by atoms with Crippen LogP contribution in [0.1, 0.15) is 33.6 Å². The zero-order valence-electron chi connectivity index (χ0n) is 15.0. The number of aromatic nitrogens is 1. The summed E-state index contributed by atoms with van der Waals surface area (Å²) in [6.07, 6.45) is -0.640. The van der Waals surface area contributed by atoms with Crippen LogP contribution in [-0.4, -0.2) is 39.2 Å². The zero-order valence-corrected chi connectivity index (χ0v) is 15.0. The maximum Gasteiger partial charge on any atom is 0.490 e. The Labute approximate surface area is 163 Å². The fourth-order valence-corrected chi connectivity index (χ4v) is 3.10. The molecule has 1 aromatic carbocycles. The summed E-state index contributed by atoms with van der Waals surface area (Å²) < 4.78 is 31.7. The minimum absolute atomic E-state index is 0.0211. The molecule has 0 atom stereocenters. The van der Waals surface area contributed by atoms with Gasteiger partial charge in [0.05, 0.1) is 6.42 Å². The van der Waals surface area contributed by atoms with Gasteiger partial charge >= 0.3 is 18.1 Å². The van der Waals surface area contributed by atoms with Gasteiger partial charge in [0.15, 0.2) is 0 Å². The van der Waals surface area contributed by atoms with E-state index in [1.807, 2.05) is 12.1 Å². The van der Waals surface area contributed by atoms with Crippen LogP contribution in [0.3, 0.4) is 0 Å². The van der Waals surface area contributed by atoms with Gasteiger partial charge in [0.2, 0.25) is 0 Å². The van der Waals surface area contributed by atoms with E-state index < -0.39 is 24.0 Å². The summed E-state index contributed by atoms with van der Waals surface area (Å²) in [5, 5.41) is 16.4. The molecule has 10 heteroatoms. The number of amides is 1. The molecule has 0 bridgehead atoms. The number of carbonyl (C=O) groups is 3. The molecule has 0 radical (unpaired) electrons. The van der Waals surface area contributed by atoms with Crippen molar-refractivity contribution in [2.45, 2.75) is 31.9 Å². The monoisotopic (exact) mass is 410 g/mol. The van der Waals surface area contributed by atoms with Gasteiger partial charge in [-0.2, -0.15) is 13.2 Å². The van der Waals surface area contributed by atoms with E-state index >= 15 is 0 Å². The number of hydrogen-bond acceptors (Lipinski definition) is 4. The number of hydrogen-bond donors (Lipinski definition) is 3. The van der Waals surface area contributed by atoms with Crippen LogP contribution < -0.4 is 5.73 Å². The summed E-state index contributed by atoms with van der Waals surface area (Å²) in [6.45, 7) is 0. The predicted octanol–water partition coefficient (Wildman–Crippen LogP) is 2.60. The first-order valence-electron chi connectivity index (χ1n) is 8.42. The Bertz CT molecular complexity index is 957. The number of halogens is 3. The van der Waals surface area contributed by atoms with Crippen LogP contribution in [0.5, 0.6) is 0 Å². The smallest absolute Gasteiger partial charge is 0.481 e. The molecule has 1 aromatic heterocycles. The Hall–Kier alpha value is -3.43. The Morgan fingerprint density at radius 2 is 1.76 bits per heavy atom. The number of carbonyl (C=O) groups excluding carboxylic acids is 1. The molecule has 0 saturated carbocycles. The standard InChI is InChI=1S/C17H16N2O3.C2HF3O2/c18-17(22)15-8-11(6-7-19-15)13-5-4-10-2-1-3-12(10)14(13)9-16(20)21;3-2(4,5)1(6)7/h4-8H,1-3,9H2,(H2,18,22)(H,20,21);(H,6,7). The van der Waals surface area contributed by atoms with Gasteiger partial charge in [-0.05, 0) is 59.2 Å². The fourth-order valence-electron chi connectivity index (χ4n) is 3.10. The van der Waals surface area contributed by atoms with Gasteiger partial charge in [0.25, 0.3) is 5.91 Å². The minimum Gasteiger partial charge on any atom is -0.481 e. The largest absolute Gasteiger partial charge is 0.490 e. The first kappa shape index (κ1) is 21.9. The van der Waals surface area contributed by atoms with Gasteiger partial charge < -0.3 is 15.9 Å². The summed E-state index contributed by atoms with van der Waals surface area (Å²) in [7, 11) is 0. The Balaban J connectivity index is 0.000000370. The van der Waals surface area contributed by atoms with Gasteiger partial charge in [0.1, 0.15) is 5.69 Å². The highest BCUT2D eigenvalue weighted by Gasteiger charge is 2.38. The topological polar surface area (TPSA) is 131 Å². The molecular weight excluding hydrogens is 393 g/mol. The van der Waals surface area contributed by atoms with Gasteiger partial charge in [-0.1, -0.05) is 12.1 Å². The lowest BCUT2D eigenvalue weighted by atomic mass is 9.91. The second-order valence-electron chi connectivity index (χ2n) is 6.25. The molecule has 1 aliphatic rings. The van der Waals surface area contributed by atoms with Crippen molar-refractivity contribution in [3.05, 3.63) is 52.8 Å². The van der Waals surface area contributed by atoms with Crippen molar-refractivity contribution < 1.29 is 37.8 Å². The highest BCUT2D eigenvalue weighted by atomic mass is 19.4. The fraction of sp³-hybridized carbons (Fsp3) is 0.263. The normalized spacial score (nSPS) is 12.5. The molecular formula is C19H17F3N2O5. The molecule has 0 fully saturated rings. The van der Waals surface area contributed by atoms with E-state index in [1.165, 1.54) is 11.8 Å². The lowest BCUT2D eigenvalue weighted by Gasteiger charge is -2.14. The number of pyridine rings is 1. The summed E-state index contributed by atoms with van der Waals surface area (Å²) in [4.78, 5) is 35.4. The number of rotatable bonds is 4. The molecule has 29 heavy (non-hydrogen) atoms. The van der Waals surface area contributed by atoms with Crippen LogP contribution in [0.4, 0.5) is 13.2 Å². The average Bonchev–Trinajstić information content (AvgIpc) is 3.10. The van der Waals surface area contributed by atoms with Crippen molar-refractivity contribution in [3.63, 3.8) is 0 Å². The maximum atomic E-state index is 11.3. The van der Waals surface area contributed by atoms with E-state index in [0.29, 0.717) is 0 Å². The second kappa shape index (κ2) is 8.72. The molecule has 3 rings (SSSR count). The van der Waals surface area contributed by atoms with Gasteiger partial charge in [0, 0.05) is 6.20 Å². The SMILES string of the molecule is NC(=O)c1cc(-c2ccc3c(c2CC(=O)O)CCC3)ccn1.O=C(O)C(F)(F)F. The molecule has 1 aliphatic carbocycles. The number of nitrogens with zero attached hydrogens (tertiary/aromatic N) is 1. The van der Waals surface area contributed by atoms with Crippen LogP contribution in [0.15, 0.2) is 30.5 Å². The average molecular weight is 410 g/mol. The molecule has 7 nitrogen and oxygen atoms in total. The third-order valence-corrected chi connectivity index (χ3v) is 4.29. The van der Waals surface area contributed by atoms with E-state index in [2.05, 4.69) is 4.98 Å². The Kier molecular flexibility index (Phi) is 6.57. The molecule has 2 aromatic rings. The number of primary amides is 1. The summed E-state index contributed by atoms with van der Waals surface area (Å²) in [5.41, 5.74) is 10.3. The number of aryl methyl sites for hydroxylation is 1. The Morgan fingerprint density at radius 1 is 1.10 bits per heavy atom. The van der Waals surface area contributed by atoms with E-state index in [0.717, 1.165) is 41.5 Å². The molecule has 0 unspecified atom stereocenters.